The minimum Gasteiger partial charge on any atom is -0.492 e. The zero-order valence-electron chi connectivity index (χ0n) is 15.2. The summed E-state index contributed by atoms with van der Waals surface area (Å²) in [5.41, 5.74) is 3.69. The van der Waals surface area contributed by atoms with Crippen molar-refractivity contribution >= 4 is 44.9 Å². The van der Waals surface area contributed by atoms with Gasteiger partial charge >= 0.3 is 0 Å². The molecule has 2 aromatic carbocycles. The first kappa shape index (κ1) is 20.4. The van der Waals surface area contributed by atoms with Crippen molar-refractivity contribution in [2.24, 2.45) is 0 Å². The van der Waals surface area contributed by atoms with Crippen LogP contribution in [-0.2, 0) is 6.42 Å². The molecule has 0 heterocycles. The average molecular weight is 435 g/mol. The summed E-state index contributed by atoms with van der Waals surface area (Å²) in [7, 11) is 0. The molecular formula is C20H23BrN2O2S. The lowest BCUT2D eigenvalue weighted by molar-refractivity contribution is 0.0977. The minimum absolute atomic E-state index is 0.267. The molecule has 1 amide bonds. The number of hydrogen-bond donors (Lipinski definition) is 2. The molecule has 0 aliphatic carbocycles. The molecule has 0 atom stereocenters. The summed E-state index contributed by atoms with van der Waals surface area (Å²) < 4.78 is 6.34. The number of aryl methyl sites for hydroxylation is 2. The Hall–Kier alpha value is -1.92. The quantitative estimate of drug-likeness (QED) is 0.610. The average Bonchev–Trinajstić information content (AvgIpc) is 2.62. The number of amides is 1. The van der Waals surface area contributed by atoms with E-state index in [4.69, 9.17) is 17.0 Å². The number of ether oxygens (including phenoxy) is 1. The van der Waals surface area contributed by atoms with E-state index >= 15 is 0 Å². The van der Waals surface area contributed by atoms with E-state index in [9.17, 15) is 4.79 Å². The molecule has 2 N–H and O–H groups in total. The summed E-state index contributed by atoms with van der Waals surface area (Å²) in [6, 6.07) is 11.3. The number of anilines is 1. The highest BCUT2D eigenvalue weighted by Gasteiger charge is 2.12. The molecule has 6 heteroatoms. The van der Waals surface area contributed by atoms with Crippen molar-refractivity contribution in [1.82, 2.24) is 5.32 Å². The maximum atomic E-state index is 12.5. The van der Waals surface area contributed by atoms with E-state index in [-0.39, 0.29) is 11.0 Å². The fraction of sp³-hybridized carbons (Fsp3) is 0.300. The molecule has 2 aromatic rings. The Morgan fingerprint density at radius 1 is 1.23 bits per heavy atom. The van der Waals surface area contributed by atoms with Crippen LogP contribution in [0.1, 0.15) is 41.8 Å². The molecule has 0 saturated heterocycles. The fourth-order valence-corrected chi connectivity index (χ4v) is 3.18. The molecule has 4 nitrogen and oxygen atoms in total. The lowest BCUT2D eigenvalue weighted by atomic mass is 10.1. The van der Waals surface area contributed by atoms with Crippen LogP contribution in [-0.4, -0.2) is 17.6 Å². The highest BCUT2D eigenvalue weighted by molar-refractivity contribution is 9.10. The number of thiocarbonyl (C=S) groups is 1. The Morgan fingerprint density at radius 2 is 2.00 bits per heavy atom. The zero-order valence-corrected chi connectivity index (χ0v) is 17.6. The van der Waals surface area contributed by atoms with Crippen LogP contribution in [0.2, 0.25) is 0 Å². The Bertz CT molecular complexity index is 808. The first-order valence-electron chi connectivity index (χ1n) is 8.59. The molecule has 0 spiro atoms. The van der Waals surface area contributed by atoms with Crippen molar-refractivity contribution in [3.8, 4) is 5.75 Å². The van der Waals surface area contributed by atoms with Crippen molar-refractivity contribution in [1.29, 1.82) is 0 Å². The molecule has 0 radical (unpaired) electrons. The molecule has 0 unspecified atom stereocenters. The van der Waals surface area contributed by atoms with E-state index in [0.717, 1.165) is 39.9 Å². The second-order valence-corrected chi connectivity index (χ2v) is 7.13. The number of rotatable bonds is 6. The Morgan fingerprint density at radius 3 is 2.65 bits per heavy atom. The highest BCUT2D eigenvalue weighted by atomic mass is 79.9. The molecule has 0 aliphatic heterocycles. The van der Waals surface area contributed by atoms with Gasteiger partial charge in [0.1, 0.15) is 5.75 Å². The largest absolute Gasteiger partial charge is 0.492 e. The van der Waals surface area contributed by atoms with E-state index in [0.29, 0.717) is 12.2 Å². The standard InChI is InChI=1S/C20H23BrN2O2S/c1-4-11-25-17-10-9-15(12-16(17)21)19(24)23-20(26)22-18-13(3)7-6-8-14(18)5-2/h6-10,12H,4-5,11H2,1-3H3,(H2,22,23,24,26). The molecule has 0 aliphatic rings. The molecule has 138 valence electrons. The minimum atomic E-state index is -0.267. The topological polar surface area (TPSA) is 50.4 Å². The van der Waals surface area contributed by atoms with E-state index in [1.54, 1.807) is 18.2 Å². The molecule has 0 saturated carbocycles. The van der Waals surface area contributed by atoms with Crippen molar-refractivity contribution in [3.63, 3.8) is 0 Å². The Kier molecular flexibility index (Phi) is 7.60. The second-order valence-electron chi connectivity index (χ2n) is 5.86. The zero-order chi connectivity index (χ0) is 19.1. The predicted octanol–water partition coefficient (Wildman–Crippen LogP) is 5.24. The molecule has 0 bridgehead atoms. The predicted molar refractivity (Wildman–Crippen MR) is 114 cm³/mol. The normalized spacial score (nSPS) is 10.3. The number of para-hydroxylation sites is 1. The van der Waals surface area contributed by atoms with Gasteiger partial charge in [0, 0.05) is 11.3 Å². The van der Waals surface area contributed by atoms with Crippen LogP contribution in [0.3, 0.4) is 0 Å². The first-order chi connectivity index (χ1) is 12.5. The van der Waals surface area contributed by atoms with Crippen LogP contribution in [0.5, 0.6) is 5.75 Å². The van der Waals surface area contributed by atoms with Crippen LogP contribution in [0.4, 0.5) is 5.69 Å². The number of carbonyl (C=O) groups is 1. The van der Waals surface area contributed by atoms with Crippen LogP contribution in [0.25, 0.3) is 0 Å². The van der Waals surface area contributed by atoms with Crippen LogP contribution in [0, 0.1) is 6.92 Å². The smallest absolute Gasteiger partial charge is 0.257 e. The summed E-state index contributed by atoms with van der Waals surface area (Å²) in [6.45, 7) is 6.77. The van der Waals surface area contributed by atoms with E-state index in [1.807, 2.05) is 32.0 Å². The van der Waals surface area contributed by atoms with Crippen LogP contribution in [0.15, 0.2) is 40.9 Å². The fourth-order valence-electron chi connectivity index (χ4n) is 2.49. The van der Waals surface area contributed by atoms with Gasteiger partial charge in [0.25, 0.3) is 5.91 Å². The summed E-state index contributed by atoms with van der Waals surface area (Å²) in [5, 5.41) is 6.16. The lowest BCUT2D eigenvalue weighted by Crippen LogP contribution is -2.34. The van der Waals surface area contributed by atoms with E-state index in [1.165, 1.54) is 0 Å². The van der Waals surface area contributed by atoms with Gasteiger partial charge in [0.2, 0.25) is 0 Å². The van der Waals surface area contributed by atoms with E-state index < -0.39 is 0 Å². The van der Waals surface area contributed by atoms with Crippen LogP contribution < -0.4 is 15.4 Å². The summed E-state index contributed by atoms with van der Waals surface area (Å²) in [6.07, 6.45) is 1.81. The van der Waals surface area contributed by atoms with Crippen molar-refractivity contribution in [2.75, 3.05) is 11.9 Å². The molecule has 26 heavy (non-hydrogen) atoms. The first-order valence-corrected chi connectivity index (χ1v) is 9.79. The van der Waals surface area contributed by atoms with Gasteiger partial charge in [-0.3, -0.25) is 10.1 Å². The van der Waals surface area contributed by atoms with Crippen molar-refractivity contribution < 1.29 is 9.53 Å². The van der Waals surface area contributed by atoms with Gasteiger partial charge in [0.05, 0.1) is 11.1 Å². The Balaban J connectivity index is 2.06. The monoisotopic (exact) mass is 434 g/mol. The highest BCUT2D eigenvalue weighted by Crippen LogP contribution is 2.26. The summed E-state index contributed by atoms with van der Waals surface area (Å²) in [5.74, 6) is 0.452. The molecular weight excluding hydrogens is 412 g/mol. The number of benzene rings is 2. The number of hydrogen-bond acceptors (Lipinski definition) is 3. The molecule has 2 rings (SSSR count). The van der Waals surface area contributed by atoms with E-state index in [2.05, 4.69) is 33.5 Å². The maximum absolute atomic E-state index is 12.5. The van der Waals surface area contributed by atoms with Gasteiger partial charge in [-0.05, 0) is 77.2 Å². The van der Waals surface area contributed by atoms with Crippen molar-refractivity contribution in [3.05, 3.63) is 57.6 Å². The van der Waals surface area contributed by atoms with Gasteiger partial charge in [-0.15, -0.1) is 0 Å². The molecule has 0 fully saturated rings. The third-order valence-electron chi connectivity index (χ3n) is 3.86. The van der Waals surface area contributed by atoms with Gasteiger partial charge in [-0.2, -0.15) is 0 Å². The second kappa shape index (κ2) is 9.69. The third kappa shape index (κ3) is 5.29. The number of nitrogens with one attached hydrogen (secondary N) is 2. The van der Waals surface area contributed by atoms with Gasteiger partial charge in [-0.1, -0.05) is 32.0 Å². The van der Waals surface area contributed by atoms with Gasteiger partial charge in [0.15, 0.2) is 5.11 Å². The number of halogens is 1. The Labute approximate surface area is 168 Å². The molecule has 0 aromatic heterocycles. The lowest BCUT2D eigenvalue weighted by Gasteiger charge is -2.15. The third-order valence-corrected chi connectivity index (χ3v) is 4.69. The summed E-state index contributed by atoms with van der Waals surface area (Å²) >= 11 is 8.76. The number of carbonyl (C=O) groups excluding carboxylic acids is 1. The SMILES string of the molecule is CCCOc1ccc(C(=O)NC(=S)Nc2c(C)cccc2CC)cc1Br. The van der Waals surface area contributed by atoms with Crippen molar-refractivity contribution in [2.45, 2.75) is 33.6 Å². The maximum Gasteiger partial charge on any atom is 0.257 e. The van der Waals surface area contributed by atoms with Gasteiger partial charge < -0.3 is 10.1 Å². The van der Waals surface area contributed by atoms with Crippen LogP contribution >= 0.6 is 28.1 Å². The van der Waals surface area contributed by atoms with Gasteiger partial charge in [-0.25, -0.2) is 0 Å². The summed E-state index contributed by atoms with van der Waals surface area (Å²) in [4.78, 5) is 12.5.